The van der Waals surface area contributed by atoms with E-state index in [2.05, 4.69) is 39.0 Å². The van der Waals surface area contributed by atoms with E-state index in [9.17, 15) is 0 Å². The summed E-state index contributed by atoms with van der Waals surface area (Å²) in [6.45, 7) is 8.23. The number of hydrogen-bond donors (Lipinski definition) is 3. The molecule has 0 aliphatic carbocycles. The zero-order valence-electron chi connectivity index (χ0n) is 20.9. The van der Waals surface area contributed by atoms with Crippen molar-refractivity contribution in [2.45, 2.75) is 26.9 Å². The molecule has 1 fully saturated rings. The van der Waals surface area contributed by atoms with E-state index in [0.717, 1.165) is 18.7 Å². The Labute approximate surface area is 210 Å². The first-order chi connectivity index (χ1) is 17.2. The maximum atomic E-state index is 9.05. The smallest absolute Gasteiger partial charge is 0.223 e. The van der Waals surface area contributed by atoms with Crippen LogP contribution >= 0.6 is 0 Å². The number of morpholine rings is 1. The minimum Gasteiger partial charge on any atom is -0.437 e. The zero-order chi connectivity index (χ0) is 25.8. The number of aromatic nitrogens is 4. The van der Waals surface area contributed by atoms with Crippen LogP contribution in [-0.4, -0.2) is 50.2 Å². The molecule has 0 amide bonds. The predicted molar refractivity (Wildman–Crippen MR) is 137 cm³/mol. The molecule has 1 atom stereocenters. The summed E-state index contributed by atoms with van der Waals surface area (Å²) in [6, 6.07) is 5.40. The van der Waals surface area contributed by atoms with Gasteiger partial charge in [0.25, 0.3) is 0 Å². The first-order valence-corrected chi connectivity index (χ1v) is 11.7. The Morgan fingerprint density at radius 3 is 2.83 bits per heavy atom. The number of nitrogens with one attached hydrogen (secondary N) is 1. The molecule has 11 heteroatoms. The van der Waals surface area contributed by atoms with Crippen molar-refractivity contribution in [1.29, 1.82) is 5.26 Å². The monoisotopic (exact) mass is 489 g/mol. The van der Waals surface area contributed by atoms with Gasteiger partial charge in [-0.2, -0.15) is 10.2 Å². The zero-order valence-corrected chi connectivity index (χ0v) is 20.9. The number of aryl methyl sites for hydroxylation is 2. The summed E-state index contributed by atoms with van der Waals surface area (Å²) >= 11 is 0. The van der Waals surface area contributed by atoms with Crippen LogP contribution in [0.4, 0.5) is 5.69 Å². The molecule has 0 saturated carbocycles. The normalized spacial score (nSPS) is 16.9. The number of anilines is 1. The number of imidazole rings is 1. The quantitative estimate of drug-likeness (QED) is 0.422. The van der Waals surface area contributed by atoms with Crippen LogP contribution in [0.3, 0.4) is 0 Å². The Morgan fingerprint density at radius 1 is 1.31 bits per heavy atom. The minimum absolute atomic E-state index is 0.146. The molecule has 4 rings (SSSR count). The molecule has 0 aromatic carbocycles. The molecular formula is C25H31N9O2. The van der Waals surface area contributed by atoms with Crippen LogP contribution in [0.2, 0.25) is 0 Å². The fourth-order valence-electron chi connectivity index (χ4n) is 3.84. The summed E-state index contributed by atoms with van der Waals surface area (Å²) in [5.41, 5.74) is 15.6. The van der Waals surface area contributed by atoms with Crippen molar-refractivity contribution in [2.24, 2.45) is 24.4 Å². The highest BCUT2D eigenvalue weighted by molar-refractivity contribution is 5.87. The van der Waals surface area contributed by atoms with Crippen molar-refractivity contribution in [1.82, 2.24) is 24.4 Å². The topological polar surface area (TPSA) is 153 Å². The molecule has 36 heavy (non-hydrogen) atoms. The maximum Gasteiger partial charge on any atom is 0.223 e. The van der Waals surface area contributed by atoms with Crippen LogP contribution < -0.4 is 21.5 Å². The van der Waals surface area contributed by atoms with Gasteiger partial charge in [0.2, 0.25) is 5.88 Å². The molecule has 5 N–H and O–H groups in total. The fraction of sp³-hybridized carbons (Fsp3) is 0.360. The third kappa shape index (κ3) is 5.50. The van der Waals surface area contributed by atoms with Crippen LogP contribution in [0, 0.1) is 24.2 Å². The Morgan fingerprint density at radius 2 is 2.11 bits per heavy atom. The fourth-order valence-corrected chi connectivity index (χ4v) is 3.84. The average molecular weight is 490 g/mol. The van der Waals surface area contributed by atoms with Gasteiger partial charge in [0.1, 0.15) is 23.1 Å². The van der Waals surface area contributed by atoms with Gasteiger partial charge in [0.15, 0.2) is 11.4 Å². The first-order valence-electron chi connectivity index (χ1n) is 11.7. The highest BCUT2D eigenvalue weighted by Crippen LogP contribution is 2.30. The van der Waals surface area contributed by atoms with Crippen molar-refractivity contribution in [3.63, 3.8) is 0 Å². The number of pyridine rings is 2. The van der Waals surface area contributed by atoms with Crippen LogP contribution in [0.15, 0.2) is 48.5 Å². The number of rotatable bonds is 7. The third-order valence-corrected chi connectivity index (χ3v) is 5.95. The summed E-state index contributed by atoms with van der Waals surface area (Å²) in [4.78, 5) is 15.2. The Hall–Kier alpha value is -4.30. The summed E-state index contributed by atoms with van der Waals surface area (Å²) in [6.07, 6.45) is 6.83. The van der Waals surface area contributed by atoms with Gasteiger partial charge in [0.05, 0.1) is 36.7 Å². The number of nitriles is 1. The largest absolute Gasteiger partial charge is 0.437 e. The number of allylic oxidation sites excluding steroid dienone is 2. The van der Waals surface area contributed by atoms with E-state index in [4.69, 9.17) is 26.2 Å². The first kappa shape index (κ1) is 24.8. The molecule has 188 valence electrons. The second kappa shape index (κ2) is 10.5. The van der Waals surface area contributed by atoms with E-state index in [1.165, 1.54) is 6.20 Å². The Bertz CT molecular complexity index is 1350. The molecule has 3 aromatic heterocycles. The molecule has 0 spiro atoms. The van der Waals surface area contributed by atoms with Crippen molar-refractivity contribution < 1.29 is 9.47 Å². The number of hydrogen-bond acceptors (Lipinski definition) is 10. The molecule has 0 radical (unpaired) electrons. The van der Waals surface area contributed by atoms with E-state index in [-0.39, 0.29) is 6.10 Å². The molecular weight excluding hydrogens is 458 g/mol. The summed E-state index contributed by atoms with van der Waals surface area (Å²) in [5, 5.41) is 12.2. The molecule has 1 aliphatic rings. The molecule has 3 aromatic rings. The lowest BCUT2D eigenvalue weighted by Crippen LogP contribution is -2.45. The van der Waals surface area contributed by atoms with E-state index in [0.29, 0.717) is 58.3 Å². The highest BCUT2D eigenvalue weighted by atomic mass is 16.5. The van der Waals surface area contributed by atoms with E-state index < -0.39 is 0 Å². The summed E-state index contributed by atoms with van der Waals surface area (Å²) in [7, 11) is 1.85. The predicted octanol–water partition coefficient (Wildman–Crippen LogP) is 2.70. The minimum atomic E-state index is 0.146. The van der Waals surface area contributed by atoms with E-state index >= 15 is 0 Å². The molecule has 0 bridgehead atoms. The van der Waals surface area contributed by atoms with Crippen LogP contribution in [0.1, 0.15) is 25.1 Å². The summed E-state index contributed by atoms with van der Waals surface area (Å²) < 4.78 is 13.6. The Kier molecular flexibility index (Phi) is 7.26. The number of fused-ring (bicyclic) bond motifs is 1. The lowest BCUT2D eigenvalue weighted by atomic mass is 10.1. The lowest BCUT2D eigenvalue weighted by Gasteiger charge is -2.36. The second-order valence-corrected chi connectivity index (χ2v) is 9.02. The van der Waals surface area contributed by atoms with Crippen molar-refractivity contribution in [2.75, 3.05) is 25.0 Å². The summed E-state index contributed by atoms with van der Waals surface area (Å²) in [5.74, 6) is 2.25. The number of ether oxygens (including phenoxy) is 2. The maximum absolute atomic E-state index is 9.05. The second-order valence-electron chi connectivity index (χ2n) is 9.02. The molecule has 11 nitrogen and oxygen atoms in total. The van der Waals surface area contributed by atoms with Gasteiger partial charge in [-0.1, -0.05) is 13.8 Å². The third-order valence-electron chi connectivity index (χ3n) is 5.95. The SMILES string of the molecule is Cc1cc(C#N)ncc1Oc1cc(N/C(N)=C/C=C(\N)N2CCOC(C(C)C)C2)c2ncn(C)c2n1. The standard InChI is InChI=1S/C25H31N9O2/c1-15(2)20-13-34(7-8-35-20)22(28)6-5-21(27)31-18-10-23(32-25-24(18)30-14-33(25)4)36-19-12-29-17(11-26)9-16(19)3/h5-6,9-10,12,14-15,20H,7-8,13,27-28H2,1-4H3,(H,31,32)/b21-5+,22-6+. The number of nitrogens with zero attached hydrogens (tertiary/aromatic N) is 6. The van der Waals surface area contributed by atoms with Crippen LogP contribution in [0.25, 0.3) is 11.2 Å². The van der Waals surface area contributed by atoms with Crippen molar-refractivity contribution in [3.05, 3.63) is 59.7 Å². The van der Waals surface area contributed by atoms with Crippen LogP contribution in [-0.2, 0) is 11.8 Å². The van der Waals surface area contributed by atoms with Gasteiger partial charge >= 0.3 is 0 Å². The molecule has 1 aliphatic heterocycles. The molecule has 1 saturated heterocycles. The number of nitrogens with two attached hydrogens (primary N) is 2. The van der Waals surface area contributed by atoms with Gasteiger partial charge in [-0.05, 0) is 36.6 Å². The van der Waals surface area contributed by atoms with Crippen molar-refractivity contribution in [3.8, 4) is 17.7 Å². The van der Waals surface area contributed by atoms with Gasteiger partial charge in [-0.15, -0.1) is 0 Å². The van der Waals surface area contributed by atoms with E-state index in [1.807, 2.05) is 20.0 Å². The van der Waals surface area contributed by atoms with Gasteiger partial charge in [-0.25, -0.2) is 9.97 Å². The molecule has 4 heterocycles. The van der Waals surface area contributed by atoms with E-state index in [1.54, 1.807) is 35.2 Å². The van der Waals surface area contributed by atoms with Gasteiger partial charge < -0.3 is 35.7 Å². The molecule has 1 unspecified atom stereocenters. The van der Waals surface area contributed by atoms with Gasteiger partial charge in [-0.3, -0.25) is 0 Å². The highest BCUT2D eigenvalue weighted by Gasteiger charge is 2.23. The lowest BCUT2D eigenvalue weighted by molar-refractivity contribution is -0.0404. The Balaban J connectivity index is 1.56. The average Bonchev–Trinajstić information content (AvgIpc) is 3.24. The van der Waals surface area contributed by atoms with Crippen LogP contribution in [0.5, 0.6) is 11.6 Å². The van der Waals surface area contributed by atoms with Crippen molar-refractivity contribution >= 4 is 16.9 Å². The van der Waals surface area contributed by atoms with Gasteiger partial charge in [0, 0.05) is 26.2 Å².